The van der Waals surface area contributed by atoms with E-state index in [9.17, 15) is 0 Å². The van der Waals surface area contributed by atoms with Crippen molar-refractivity contribution < 1.29 is 55.2 Å². The fourth-order valence-electron chi connectivity index (χ4n) is 0.874. The molecule has 1 aliphatic heterocycles. The zero-order valence-corrected chi connectivity index (χ0v) is 9.34. The van der Waals surface area contributed by atoms with Crippen LogP contribution in [0.1, 0.15) is 12.8 Å². The molecule has 0 spiro atoms. The van der Waals surface area contributed by atoms with E-state index in [1.54, 1.807) is 0 Å². The summed E-state index contributed by atoms with van der Waals surface area (Å²) in [5.41, 5.74) is 8.04. The van der Waals surface area contributed by atoms with Gasteiger partial charge in [0.2, 0.25) is 0 Å². The summed E-state index contributed by atoms with van der Waals surface area (Å²) >= 11 is 0. The molecule has 4 nitrogen and oxygen atoms in total. The highest BCUT2D eigenvalue weighted by atomic mass is 20.0. The maximum absolute atomic E-state index is 8.04. The molecule has 1 rings (SSSR count). The van der Waals surface area contributed by atoms with Crippen LogP contribution in [-0.2, 0) is 4.74 Å². The lowest BCUT2D eigenvalue weighted by Gasteiger charge is -2.16. The van der Waals surface area contributed by atoms with E-state index in [0.29, 0.717) is 0 Å². The first-order valence-corrected chi connectivity index (χ1v) is 3.77. The quantitative estimate of drug-likeness (QED) is 0.257. The second-order valence-corrected chi connectivity index (χ2v) is 2.05. The van der Waals surface area contributed by atoms with Crippen LogP contribution in [0.3, 0.4) is 0 Å². The van der Waals surface area contributed by atoms with Crippen molar-refractivity contribution in [2.45, 2.75) is 18.9 Å². The Labute approximate surface area is 104 Å². The van der Waals surface area contributed by atoms with E-state index in [1.165, 1.54) is 0 Å². The van der Waals surface area contributed by atoms with Crippen molar-refractivity contribution in [2.24, 2.45) is 5.11 Å². The minimum Gasteiger partial charge on any atom is -0.381 e. The molecular formula is C5H10F11N3O. The molecule has 0 aromatic carbocycles. The lowest BCUT2D eigenvalue weighted by atomic mass is 10.1. The summed E-state index contributed by atoms with van der Waals surface area (Å²) in [6.45, 7) is 1.48. The second kappa shape index (κ2) is 65.9. The van der Waals surface area contributed by atoms with Crippen LogP contribution >= 0.6 is 0 Å². The molecule has 1 heterocycles. The number of halogens is 11. The minimum absolute atomic E-state index is 0. The van der Waals surface area contributed by atoms with Crippen molar-refractivity contribution in [2.75, 3.05) is 13.2 Å². The molecule has 0 aromatic rings. The Bertz CT molecular complexity index is 144. The van der Waals surface area contributed by atoms with Gasteiger partial charge in [0.15, 0.2) is 0 Å². The molecule has 0 bridgehead atoms. The number of nitrogens with zero attached hydrogens (tertiary/aromatic N) is 3. The van der Waals surface area contributed by atoms with Gasteiger partial charge in [-0.05, 0) is 18.4 Å². The summed E-state index contributed by atoms with van der Waals surface area (Å²) in [5, 5.41) is 3.58. The number of azide groups is 1. The predicted octanol–water partition coefficient (Wildman–Crippen LogP) is 5.83. The van der Waals surface area contributed by atoms with Gasteiger partial charge in [-0.3, -0.25) is 4.70 Å². The number of rotatable bonds is 1. The molecule has 1 saturated heterocycles. The van der Waals surface area contributed by atoms with E-state index in [-0.39, 0.29) is 10.7 Å². The number of ether oxygens (including phenoxy) is 1. The van der Waals surface area contributed by atoms with Gasteiger partial charge in [0.05, 0.1) is 0 Å². The fourth-order valence-corrected chi connectivity index (χ4v) is 0.874. The third-order valence-corrected chi connectivity index (χ3v) is 1.41. The van der Waals surface area contributed by atoms with Crippen LogP contribution in [0, 0.1) is 0 Å². The summed E-state index contributed by atoms with van der Waals surface area (Å²) in [7, 11) is 0. The van der Waals surface area contributed by atoms with Crippen molar-refractivity contribution in [3.8, 4) is 0 Å². The van der Waals surface area contributed by atoms with Crippen LogP contribution < -0.4 is 0 Å². The summed E-state index contributed by atoms with van der Waals surface area (Å²) in [4.78, 5) is 2.73. The normalized spacial score (nSPS) is 10.9. The van der Waals surface area contributed by atoms with E-state index in [0.717, 1.165) is 26.1 Å². The Hall–Kier alpha value is -1.50. The van der Waals surface area contributed by atoms with Crippen molar-refractivity contribution >= 4 is 0 Å². The van der Waals surface area contributed by atoms with Gasteiger partial charge in [-0.15, -0.1) is 0 Å². The van der Waals surface area contributed by atoms with Crippen LogP contribution in [0.5, 0.6) is 0 Å². The highest BCUT2D eigenvalue weighted by Crippen LogP contribution is 2.09. The fraction of sp³-hybridized carbons (Fsp3) is 1.00. The number of hydrogen-bond donors (Lipinski definition) is 0. The lowest BCUT2D eigenvalue weighted by Crippen LogP contribution is -2.17. The average Bonchev–Trinajstić information content (AvgIpc) is 2.58. The van der Waals surface area contributed by atoms with E-state index in [1.807, 2.05) is 0 Å². The highest BCUT2D eigenvalue weighted by molar-refractivity contribution is 4.69. The van der Waals surface area contributed by atoms with E-state index < -0.39 is 0 Å². The average molecular weight is 337 g/mol. The van der Waals surface area contributed by atoms with Crippen molar-refractivity contribution in [3.05, 3.63) is 10.4 Å². The van der Waals surface area contributed by atoms with Gasteiger partial charge in [0, 0.05) is 69.9 Å². The molecule has 0 atom stereocenters. The van der Waals surface area contributed by atoms with E-state index >= 15 is 0 Å². The van der Waals surface area contributed by atoms with Gasteiger partial charge in [0.25, 0.3) is 0 Å². The zero-order valence-electron chi connectivity index (χ0n) is 9.34. The van der Waals surface area contributed by atoms with Crippen LogP contribution in [0.2, 0.25) is 0 Å². The molecule has 0 radical (unpaired) electrons. The molecule has 1 aliphatic rings. The lowest BCUT2D eigenvalue weighted by molar-refractivity contribution is 0.0867. The first-order valence-electron chi connectivity index (χ1n) is 3.77. The first kappa shape index (κ1) is 36.3. The van der Waals surface area contributed by atoms with Crippen LogP contribution in [0.15, 0.2) is 5.11 Å². The van der Waals surface area contributed by atoms with Crippen LogP contribution in [0.4, 0.5) is 50.4 Å². The molecule has 0 unspecified atom stereocenters. The standard InChI is InChI=1S/C5H9N3O.5F2.FH/c6-8-7-5-1-3-9-4-2-5;5*1-2;/h5H,1-4H2;;;;;;1H. The highest BCUT2D eigenvalue weighted by Gasteiger charge is 2.10. The molecular weight excluding hydrogens is 327 g/mol. The summed E-state index contributed by atoms with van der Waals surface area (Å²) in [6, 6.07) is 0.184. The molecule has 1 fully saturated rings. The number of hydrogen-bond acceptors (Lipinski definition) is 2. The van der Waals surface area contributed by atoms with E-state index in [2.05, 4.69) is 10.0 Å². The van der Waals surface area contributed by atoms with Crippen LogP contribution in [-0.4, -0.2) is 19.3 Å². The molecule has 128 valence electrons. The molecule has 0 aromatic heterocycles. The molecule has 0 aliphatic carbocycles. The Morgan fingerprint density at radius 1 is 0.800 bits per heavy atom. The van der Waals surface area contributed by atoms with Gasteiger partial charge in [-0.1, -0.05) is 5.11 Å². The monoisotopic (exact) mass is 337 g/mol. The van der Waals surface area contributed by atoms with Crippen LogP contribution in [0.25, 0.3) is 10.4 Å². The zero-order chi connectivity index (χ0) is 16.5. The van der Waals surface area contributed by atoms with E-state index in [4.69, 9.17) is 56.0 Å². The smallest absolute Gasteiger partial charge is 0.0470 e. The summed E-state index contributed by atoms with van der Waals surface area (Å²) < 4.78 is 85.1. The SMILES string of the molecule is F.FF.FF.FF.FF.FF.[N-]=[N+]=NC1CCOCC1. The third kappa shape index (κ3) is 43.9. The topological polar surface area (TPSA) is 58.0 Å². The maximum Gasteiger partial charge on any atom is 0.0470 e. The van der Waals surface area contributed by atoms with Gasteiger partial charge in [-0.25, -0.2) is 0 Å². The van der Waals surface area contributed by atoms with Crippen molar-refractivity contribution in [1.82, 2.24) is 0 Å². The largest absolute Gasteiger partial charge is 0.381 e. The molecule has 0 amide bonds. The van der Waals surface area contributed by atoms with Crippen molar-refractivity contribution in [3.63, 3.8) is 0 Å². The van der Waals surface area contributed by atoms with Gasteiger partial charge in [-0.2, -0.15) is 0 Å². The predicted molar refractivity (Wildman–Crippen MR) is 46.6 cm³/mol. The summed E-state index contributed by atoms with van der Waals surface area (Å²) in [5.74, 6) is 0. The molecule has 0 N–H and O–H groups in total. The molecule has 15 heteroatoms. The van der Waals surface area contributed by atoms with Gasteiger partial charge >= 0.3 is 0 Å². The minimum atomic E-state index is 0. The Morgan fingerprint density at radius 3 is 1.35 bits per heavy atom. The van der Waals surface area contributed by atoms with Gasteiger partial charge in [0.1, 0.15) is 0 Å². The first-order chi connectivity index (χ1) is 9.43. The summed E-state index contributed by atoms with van der Waals surface area (Å²) in [6.07, 6.45) is 1.76. The van der Waals surface area contributed by atoms with Crippen molar-refractivity contribution in [1.29, 1.82) is 0 Å². The Balaban J connectivity index is -0.0000000384. The molecule has 20 heavy (non-hydrogen) atoms. The maximum atomic E-state index is 8.04. The Morgan fingerprint density at radius 2 is 1.10 bits per heavy atom. The third-order valence-electron chi connectivity index (χ3n) is 1.41. The van der Waals surface area contributed by atoms with Gasteiger partial charge < -0.3 is 4.74 Å². The molecule has 0 saturated carbocycles. The second-order valence-electron chi connectivity index (χ2n) is 2.05. The Kier molecular flexibility index (Phi) is 120.